The van der Waals surface area contributed by atoms with Crippen LogP contribution in [-0.2, 0) is 6.61 Å². The van der Waals surface area contributed by atoms with Crippen molar-refractivity contribution in [3.63, 3.8) is 0 Å². The summed E-state index contributed by atoms with van der Waals surface area (Å²) >= 11 is 12.4. The Kier molecular flexibility index (Phi) is 5.12. The molecule has 1 aliphatic heterocycles. The minimum absolute atomic E-state index is 0.140. The fraction of sp³-hybridized carbons (Fsp3) is 0.0870. The number of hydrogen-bond donors (Lipinski definition) is 0. The van der Waals surface area contributed by atoms with Gasteiger partial charge in [0.2, 0.25) is 5.78 Å². The molecule has 0 fully saturated rings. The highest BCUT2D eigenvalue weighted by molar-refractivity contribution is 6.35. The van der Waals surface area contributed by atoms with Crippen LogP contribution in [0.2, 0.25) is 10.0 Å². The smallest absolute Gasteiger partial charge is 0.231 e. The molecule has 0 N–H and O–H groups in total. The van der Waals surface area contributed by atoms with E-state index in [9.17, 15) is 4.79 Å². The van der Waals surface area contributed by atoms with Crippen molar-refractivity contribution in [3.8, 4) is 11.5 Å². The van der Waals surface area contributed by atoms with Crippen LogP contribution in [0.25, 0.3) is 6.08 Å². The molecule has 3 aromatic carbocycles. The molecule has 4 rings (SSSR count). The van der Waals surface area contributed by atoms with Crippen molar-refractivity contribution in [1.82, 2.24) is 0 Å². The van der Waals surface area contributed by atoms with E-state index in [2.05, 4.69) is 0 Å². The van der Waals surface area contributed by atoms with Gasteiger partial charge in [-0.05, 0) is 48.4 Å². The van der Waals surface area contributed by atoms with E-state index in [0.717, 1.165) is 11.1 Å². The third-order valence-electron chi connectivity index (χ3n) is 4.56. The SMILES string of the molecule is Cc1ccccc1C=C1Oc2cc(OCc3c(Cl)cccc3Cl)ccc2C1=O. The van der Waals surface area contributed by atoms with Crippen molar-refractivity contribution >= 4 is 35.1 Å². The van der Waals surface area contributed by atoms with Gasteiger partial charge < -0.3 is 9.47 Å². The highest BCUT2D eigenvalue weighted by atomic mass is 35.5. The Labute approximate surface area is 173 Å². The van der Waals surface area contributed by atoms with E-state index in [-0.39, 0.29) is 12.4 Å². The van der Waals surface area contributed by atoms with Gasteiger partial charge in [-0.3, -0.25) is 4.79 Å². The van der Waals surface area contributed by atoms with Crippen molar-refractivity contribution in [2.75, 3.05) is 0 Å². The van der Waals surface area contributed by atoms with Crippen LogP contribution in [0.1, 0.15) is 27.0 Å². The molecule has 3 aromatic rings. The Morgan fingerprint density at radius 3 is 2.50 bits per heavy atom. The van der Waals surface area contributed by atoms with Crippen LogP contribution in [-0.4, -0.2) is 5.78 Å². The Balaban J connectivity index is 1.55. The summed E-state index contributed by atoms with van der Waals surface area (Å²) in [5.41, 5.74) is 3.25. The van der Waals surface area contributed by atoms with Crippen LogP contribution in [0.15, 0.2) is 66.4 Å². The van der Waals surface area contributed by atoms with Crippen LogP contribution < -0.4 is 9.47 Å². The number of ether oxygens (including phenoxy) is 2. The van der Waals surface area contributed by atoms with E-state index < -0.39 is 0 Å². The summed E-state index contributed by atoms with van der Waals surface area (Å²) in [5, 5.41) is 1.09. The second-order valence-corrected chi connectivity index (χ2v) is 7.26. The third-order valence-corrected chi connectivity index (χ3v) is 5.27. The number of ketones is 1. The summed E-state index contributed by atoms with van der Waals surface area (Å²) in [6.07, 6.45) is 1.77. The Hall–Kier alpha value is -2.75. The molecule has 0 spiro atoms. The van der Waals surface area contributed by atoms with Crippen LogP contribution in [0.4, 0.5) is 0 Å². The number of allylic oxidation sites excluding steroid dienone is 1. The van der Waals surface area contributed by atoms with Gasteiger partial charge in [0.15, 0.2) is 5.76 Å². The lowest BCUT2D eigenvalue weighted by Gasteiger charge is -2.10. The minimum Gasteiger partial charge on any atom is -0.489 e. The average molecular weight is 411 g/mol. The van der Waals surface area contributed by atoms with Crippen molar-refractivity contribution < 1.29 is 14.3 Å². The summed E-state index contributed by atoms with van der Waals surface area (Å²) in [5.74, 6) is 1.21. The molecule has 0 aliphatic carbocycles. The van der Waals surface area contributed by atoms with Crippen molar-refractivity contribution in [2.45, 2.75) is 13.5 Å². The zero-order valence-electron chi connectivity index (χ0n) is 15.0. The Bertz CT molecular complexity index is 1080. The maximum Gasteiger partial charge on any atom is 0.231 e. The zero-order chi connectivity index (χ0) is 19.7. The lowest BCUT2D eigenvalue weighted by molar-refractivity contribution is 0.101. The van der Waals surface area contributed by atoms with Crippen molar-refractivity contribution in [3.05, 3.63) is 98.7 Å². The molecule has 0 unspecified atom stereocenters. The molecular weight excluding hydrogens is 395 g/mol. The number of hydrogen-bond acceptors (Lipinski definition) is 3. The van der Waals surface area contributed by atoms with Crippen LogP contribution in [0.3, 0.4) is 0 Å². The van der Waals surface area contributed by atoms with Gasteiger partial charge in [0.05, 0.1) is 5.56 Å². The summed E-state index contributed by atoms with van der Waals surface area (Å²) in [6.45, 7) is 2.21. The summed E-state index contributed by atoms with van der Waals surface area (Å²) < 4.78 is 11.6. The number of benzene rings is 3. The number of Topliss-reactive ketones (excluding diaryl/α,β-unsaturated/α-hetero) is 1. The van der Waals surface area contributed by atoms with Gasteiger partial charge in [0, 0.05) is 21.7 Å². The van der Waals surface area contributed by atoms with Gasteiger partial charge in [0.1, 0.15) is 18.1 Å². The normalized spacial score (nSPS) is 14.1. The largest absolute Gasteiger partial charge is 0.489 e. The zero-order valence-corrected chi connectivity index (χ0v) is 16.6. The van der Waals surface area contributed by atoms with E-state index in [1.807, 2.05) is 31.2 Å². The van der Waals surface area contributed by atoms with Crippen molar-refractivity contribution in [1.29, 1.82) is 0 Å². The van der Waals surface area contributed by atoms with Gasteiger partial charge in [0.25, 0.3) is 0 Å². The average Bonchev–Trinajstić information content (AvgIpc) is 2.98. The molecule has 1 aliphatic rings. The van der Waals surface area contributed by atoms with Crippen LogP contribution in [0, 0.1) is 6.92 Å². The molecule has 5 heteroatoms. The Morgan fingerprint density at radius 1 is 1.00 bits per heavy atom. The molecule has 0 atom stereocenters. The molecular formula is C23H16Cl2O3. The quantitative estimate of drug-likeness (QED) is 0.460. The predicted molar refractivity (Wildman–Crippen MR) is 111 cm³/mol. The summed E-state index contributed by atoms with van der Waals surface area (Å²) in [7, 11) is 0. The molecule has 0 saturated carbocycles. The first-order valence-electron chi connectivity index (χ1n) is 8.72. The van der Waals surface area contributed by atoms with E-state index in [1.165, 1.54) is 0 Å². The molecule has 0 aromatic heterocycles. The molecule has 0 radical (unpaired) electrons. The van der Waals surface area contributed by atoms with E-state index >= 15 is 0 Å². The second-order valence-electron chi connectivity index (χ2n) is 6.44. The van der Waals surface area contributed by atoms with Crippen LogP contribution >= 0.6 is 23.2 Å². The minimum atomic E-state index is -0.140. The molecule has 0 amide bonds. The monoisotopic (exact) mass is 410 g/mol. The fourth-order valence-corrected chi connectivity index (χ4v) is 3.48. The molecule has 3 nitrogen and oxygen atoms in total. The van der Waals surface area contributed by atoms with E-state index in [1.54, 1.807) is 42.5 Å². The summed E-state index contributed by atoms with van der Waals surface area (Å²) in [6, 6.07) is 18.3. The molecule has 1 heterocycles. The lowest BCUT2D eigenvalue weighted by atomic mass is 10.1. The number of carbonyl (C=O) groups excluding carboxylic acids is 1. The number of fused-ring (bicyclic) bond motifs is 1. The highest BCUT2D eigenvalue weighted by Gasteiger charge is 2.28. The van der Waals surface area contributed by atoms with Gasteiger partial charge in [-0.1, -0.05) is 53.5 Å². The number of aryl methyl sites for hydroxylation is 1. The molecule has 0 bridgehead atoms. The number of halogens is 2. The standard InChI is InChI=1S/C23H16Cl2O3/c1-14-5-2-3-6-15(14)11-22-23(26)17-10-9-16(12-21(17)28-22)27-13-18-19(24)7-4-8-20(18)25/h2-12H,13H2,1H3. The van der Waals surface area contributed by atoms with Crippen molar-refractivity contribution in [2.24, 2.45) is 0 Å². The molecule has 140 valence electrons. The predicted octanol–water partition coefficient (Wildman–Crippen LogP) is 6.50. The van der Waals surface area contributed by atoms with Gasteiger partial charge in [-0.15, -0.1) is 0 Å². The third kappa shape index (κ3) is 3.64. The number of carbonyl (C=O) groups is 1. The number of rotatable bonds is 4. The van der Waals surface area contributed by atoms with Gasteiger partial charge in [-0.2, -0.15) is 0 Å². The maximum atomic E-state index is 12.6. The molecule has 0 saturated heterocycles. The maximum absolute atomic E-state index is 12.6. The second kappa shape index (κ2) is 7.70. The topological polar surface area (TPSA) is 35.5 Å². The lowest BCUT2D eigenvalue weighted by Crippen LogP contribution is -1.98. The van der Waals surface area contributed by atoms with Gasteiger partial charge >= 0.3 is 0 Å². The Morgan fingerprint density at radius 2 is 1.75 bits per heavy atom. The first kappa shape index (κ1) is 18.6. The van der Waals surface area contributed by atoms with E-state index in [4.69, 9.17) is 32.7 Å². The van der Waals surface area contributed by atoms with Crippen LogP contribution in [0.5, 0.6) is 11.5 Å². The van der Waals surface area contributed by atoms with Gasteiger partial charge in [-0.25, -0.2) is 0 Å². The molecule has 28 heavy (non-hydrogen) atoms. The summed E-state index contributed by atoms with van der Waals surface area (Å²) in [4.78, 5) is 12.6. The highest BCUT2D eigenvalue weighted by Crippen LogP contribution is 2.35. The van der Waals surface area contributed by atoms with E-state index in [0.29, 0.717) is 38.4 Å². The first-order valence-corrected chi connectivity index (χ1v) is 9.48. The fourth-order valence-electron chi connectivity index (χ4n) is 2.97. The first-order chi connectivity index (χ1) is 13.5.